The molecule has 0 saturated carbocycles. The van der Waals surface area contributed by atoms with Crippen molar-refractivity contribution in [3.8, 4) is 22.8 Å². The van der Waals surface area contributed by atoms with Crippen molar-refractivity contribution in [2.24, 2.45) is 0 Å². The Labute approximate surface area is 168 Å². The van der Waals surface area contributed by atoms with E-state index in [1.807, 2.05) is 37.3 Å². The number of carbonyl (C=O) groups excluding carboxylic acids is 1. The third kappa shape index (κ3) is 4.77. The molecule has 2 aromatic carbocycles. The summed E-state index contributed by atoms with van der Waals surface area (Å²) in [5.74, 6) is -0.103. The molecule has 0 radical (unpaired) electrons. The minimum absolute atomic E-state index is 0.0678. The molecule has 3 rings (SSSR count). The van der Waals surface area contributed by atoms with Gasteiger partial charge >= 0.3 is 5.97 Å². The second-order valence-corrected chi connectivity index (χ2v) is 6.66. The van der Waals surface area contributed by atoms with Crippen molar-refractivity contribution in [3.63, 3.8) is 0 Å². The van der Waals surface area contributed by atoms with Gasteiger partial charge < -0.3 is 19.0 Å². The van der Waals surface area contributed by atoms with Gasteiger partial charge in [0.1, 0.15) is 28.2 Å². The maximum absolute atomic E-state index is 12.5. The van der Waals surface area contributed by atoms with Gasteiger partial charge in [0.2, 0.25) is 0 Å². The van der Waals surface area contributed by atoms with Crippen molar-refractivity contribution in [2.45, 2.75) is 39.2 Å². The van der Waals surface area contributed by atoms with E-state index in [-0.39, 0.29) is 34.5 Å². The molecule has 0 unspecified atom stereocenters. The van der Waals surface area contributed by atoms with Gasteiger partial charge in [-0.1, -0.05) is 43.7 Å². The van der Waals surface area contributed by atoms with Crippen LogP contribution in [0.3, 0.4) is 0 Å². The highest BCUT2D eigenvalue weighted by atomic mass is 16.6. The largest absolute Gasteiger partial charge is 0.507 e. The molecule has 1 N–H and O–H groups in total. The normalized spacial score (nSPS) is 11.9. The Morgan fingerprint density at radius 3 is 2.59 bits per heavy atom. The van der Waals surface area contributed by atoms with Gasteiger partial charge in [0.05, 0.1) is 6.61 Å². The van der Waals surface area contributed by atoms with E-state index in [1.54, 1.807) is 6.92 Å². The lowest BCUT2D eigenvalue weighted by Gasteiger charge is -2.18. The highest BCUT2D eigenvalue weighted by molar-refractivity contribution is 5.86. The number of ether oxygens (including phenoxy) is 2. The van der Waals surface area contributed by atoms with E-state index in [2.05, 4.69) is 0 Å². The first kappa shape index (κ1) is 20.5. The molecule has 0 aliphatic carbocycles. The molecule has 0 bridgehead atoms. The first-order valence-corrected chi connectivity index (χ1v) is 9.73. The Morgan fingerprint density at radius 1 is 1.14 bits per heavy atom. The van der Waals surface area contributed by atoms with E-state index in [4.69, 9.17) is 13.9 Å². The maximum Gasteiger partial charge on any atom is 0.347 e. The minimum atomic E-state index is -0.796. The quantitative estimate of drug-likeness (QED) is 0.557. The monoisotopic (exact) mass is 396 g/mol. The van der Waals surface area contributed by atoms with Gasteiger partial charge in [0, 0.05) is 23.8 Å². The number of esters is 1. The first-order valence-electron chi connectivity index (χ1n) is 9.73. The summed E-state index contributed by atoms with van der Waals surface area (Å²) in [5.41, 5.74) is 0.566. The average Bonchev–Trinajstić information content (AvgIpc) is 2.71. The number of fused-ring (bicyclic) bond motifs is 1. The summed E-state index contributed by atoms with van der Waals surface area (Å²) in [6.07, 6.45) is 1.38. The molecular formula is C23H24O6. The van der Waals surface area contributed by atoms with Gasteiger partial charge in [-0.25, -0.2) is 4.79 Å². The summed E-state index contributed by atoms with van der Waals surface area (Å²) in [4.78, 5) is 24.7. The predicted molar refractivity (Wildman–Crippen MR) is 110 cm³/mol. The number of phenols is 1. The lowest BCUT2D eigenvalue weighted by molar-refractivity contribution is -0.151. The van der Waals surface area contributed by atoms with Crippen LogP contribution in [0.1, 0.15) is 33.1 Å². The fourth-order valence-corrected chi connectivity index (χ4v) is 3.07. The topological polar surface area (TPSA) is 86.0 Å². The summed E-state index contributed by atoms with van der Waals surface area (Å²) in [6, 6.07) is 13.4. The van der Waals surface area contributed by atoms with E-state index >= 15 is 0 Å². The van der Waals surface area contributed by atoms with Gasteiger partial charge in [0.25, 0.3) is 0 Å². The summed E-state index contributed by atoms with van der Waals surface area (Å²) in [6.45, 7) is 4.00. The molecule has 6 nitrogen and oxygen atoms in total. The second-order valence-electron chi connectivity index (χ2n) is 6.66. The zero-order valence-corrected chi connectivity index (χ0v) is 16.5. The zero-order valence-electron chi connectivity index (χ0n) is 16.5. The highest BCUT2D eigenvalue weighted by Crippen LogP contribution is 2.32. The lowest BCUT2D eigenvalue weighted by Crippen LogP contribution is -2.29. The van der Waals surface area contributed by atoms with Crippen LogP contribution < -0.4 is 10.2 Å². The fourth-order valence-electron chi connectivity index (χ4n) is 3.07. The lowest BCUT2D eigenvalue weighted by atomic mass is 10.1. The third-order valence-electron chi connectivity index (χ3n) is 4.49. The zero-order chi connectivity index (χ0) is 20.8. The van der Waals surface area contributed by atoms with Crippen LogP contribution in [-0.4, -0.2) is 23.8 Å². The van der Waals surface area contributed by atoms with Gasteiger partial charge in [-0.15, -0.1) is 0 Å². The number of hydrogen-bond donors (Lipinski definition) is 1. The van der Waals surface area contributed by atoms with E-state index in [0.29, 0.717) is 12.2 Å². The summed E-state index contributed by atoms with van der Waals surface area (Å²) in [5, 5.41) is 10.4. The van der Waals surface area contributed by atoms with Crippen molar-refractivity contribution in [1.82, 2.24) is 0 Å². The molecule has 6 heteroatoms. The number of carbonyl (C=O) groups is 1. The average molecular weight is 396 g/mol. The maximum atomic E-state index is 12.5. The number of hydrogen-bond acceptors (Lipinski definition) is 6. The van der Waals surface area contributed by atoms with Crippen molar-refractivity contribution in [2.75, 3.05) is 6.61 Å². The molecule has 152 valence electrons. The summed E-state index contributed by atoms with van der Waals surface area (Å²) < 4.78 is 16.8. The molecule has 1 aromatic heterocycles. The van der Waals surface area contributed by atoms with E-state index < -0.39 is 12.1 Å². The molecular weight excluding hydrogens is 372 g/mol. The van der Waals surface area contributed by atoms with Crippen LogP contribution in [0, 0.1) is 0 Å². The van der Waals surface area contributed by atoms with Gasteiger partial charge in [-0.3, -0.25) is 4.79 Å². The van der Waals surface area contributed by atoms with Crippen molar-refractivity contribution in [1.29, 1.82) is 0 Å². The van der Waals surface area contributed by atoms with Gasteiger partial charge in [0.15, 0.2) is 11.5 Å². The molecule has 1 heterocycles. The molecule has 0 aliphatic heterocycles. The van der Waals surface area contributed by atoms with Crippen LogP contribution in [0.15, 0.2) is 57.7 Å². The molecule has 1 atom stereocenters. The highest BCUT2D eigenvalue weighted by Gasteiger charge is 2.22. The third-order valence-corrected chi connectivity index (χ3v) is 4.49. The predicted octanol–water partition coefficient (Wildman–Crippen LogP) is 4.67. The first-order chi connectivity index (χ1) is 14.0. The molecule has 29 heavy (non-hydrogen) atoms. The summed E-state index contributed by atoms with van der Waals surface area (Å²) >= 11 is 0. The molecule has 0 saturated heterocycles. The molecule has 0 spiro atoms. The Bertz CT molecular complexity index is 1040. The van der Waals surface area contributed by atoms with Crippen molar-refractivity contribution in [3.05, 3.63) is 58.8 Å². The number of rotatable bonds is 8. The van der Waals surface area contributed by atoms with Crippen LogP contribution >= 0.6 is 0 Å². The Balaban J connectivity index is 2.00. The number of benzene rings is 2. The van der Waals surface area contributed by atoms with Crippen molar-refractivity contribution < 1.29 is 23.8 Å². The SMILES string of the molecule is CCCC[C@@H](Oc1cc(O)c2c(=O)cc(-c3ccccc3)oc2c1)C(=O)OCC. The minimum Gasteiger partial charge on any atom is -0.507 e. The fraction of sp³-hybridized carbons (Fsp3) is 0.304. The van der Waals surface area contributed by atoms with E-state index in [0.717, 1.165) is 18.4 Å². The number of unbranched alkanes of at least 4 members (excludes halogenated alkanes) is 1. The van der Waals surface area contributed by atoms with E-state index in [9.17, 15) is 14.7 Å². The van der Waals surface area contributed by atoms with E-state index in [1.165, 1.54) is 18.2 Å². The van der Waals surface area contributed by atoms with Crippen molar-refractivity contribution >= 4 is 16.9 Å². The number of aromatic hydroxyl groups is 1. The van der Waals surface area contributed by atoms with Crippen LogP contribution in [0.5, 0.6) is 11.5 Å². The Kier molecular flexibility index (Phi) is 6.54. The summed E-state index contributed by atoms with van der Waals surface area (Å²) in [7, 11) is 0. The molecule has 3 aromatic rings. The number of phenolic OH excluding ortho intramolecular Hbond substituents is 1. The van der Waals surface area contributed by atoms with Gasteiger partial charge in [-0.05, 0) is 19.8 Å². The molecule has 0 amide bonds. The smallest absolute Gasteiger partial charge is 0.347 e. The Morgan fingerprint density at radius 2 is 1.90 bits per heavy atom. The van der Waals surface area contributed by atoms with Crippen LogP contribution in [0.2, 0.25) is 0 Å². The molecule has 0 fully saturated rings. The van der Waals surface area contributed by atoms with Crippen LogP contribution in [-0.2, 0) is 9.53 Å². The Hall–Kier alpha value is -3.28. The second kappa shape index (κ2) is 9.28. The van der Waals surface area contributed by atoms with Gasteiger partial charge in [-0.2, -0.15) is 0 Å². The van der Waals surface area contributed by atoms with Crippen LogP contribution in [0.25, 0.3) is 22.3 Å². The van der Waals surface area contributed by atoms with Crippen LogP contribution in [0.4, 0.5) is 0 Å². The standard InChI is InChI=1S/C23H24O6/c1-3-5-11-19(23(26)27-4-2)28-16-12-17(24)22-18(25)14-20(29-21(22)13-16)15-9-7-6-8-10-15/h6-10,12-14,19,24H,3-5,11H2,1-2H3/t19-/m1/s1. The molecule has 0 aliphatic rings.